The fourth-order valence-electron chi connectivity index (χ4n) is 3.45. The van der Waals surface area contributed by atoms with Gasteiger partial charge in [0.25, 0.3) is 0 Å². The molecule has 1 N–H and O–H groups in total. The summed E-state index contributed by atoms with van der Waals surface area (Å²) in [6, 6.07) is 7.65. The molecule has 1 aliphatic rings. The summed E-state index contributed by atoms with van der Waals surface area (Å²) in [5.74, 6) is 0.474. The Hall–Kier alpha value is -2.41. The first-order chi connectivity index (χ1) is 13.4. The number of anilines is 1. The number of carbonyl (C=O) groups excluding carboxylic acids is 1. The zero-order valence-corrected chi connectivity index (χ0v) is 18.5. The van der Waals surface area contributed by atoms with Crippen LogP contribution in [0.15, 0.2) is 30.3 Å². The molecule has 1 aromatic carbocycles. The Morgan fingerprint density at radius 1 is 1.24 bits per heavy atom. The van der Waals surface area contributed by atoms with Crippen molar-refractivity contribution in [3.63, 3.8) is 0 Å². The van der Waals surface area contributed by atoms with Crippen LogP contribution >= 0.6 is 0 Å². The molecule has 0 saturated carbocycles. The van der Waals surface area contributed by atoms with Crippen molar-refractivity contribution >= 4 is 27.6 Å². The quantitative estimate of drug-likeness (QED) is 0.770. The van der Waals surface area contributed by atoms with Crippen molar-refractivity contribution in [2.75, 3.05) is 16.8 Å². The van der Waals surface area contributed by atoms with Crippen molar-refractivity contribution in [1.29, 1.82) is 0 Å². The van der Waals surface area contributed by atoms with E-state index in [0.29, 0.717) is 12.2 Å². The molecule has 2 heterocycles. The third-order valence-corrected chi connectivity index (χ3v) is 6.90. The van der Waals surface area contributed by atoms with Crippen LogP contribution in [0.1, 0.15) is 55.6 Å². The average molecular weight is 416 g/mol. The van der Waals surface area contributed by atoms with E-state index in [0.717, 1.165) is 16.8 Å². The maximum absolute atomic E-state index is 12.6. The fraction of sp³-hybridized carbons (Fsp3) is 0.455. The van der Waals surface area contributed by atoms with Crippen molar-refractivity contribution in [2.45, 2.75) is 52.5 Å². The predicted octanol–water partition coefficient (Wildman–Crippen LogP) is 3.81. The number of aromatic nitrogens is 2. The Bertz CT molecular complexity index is 1060. The van der Waals surface area contributed by atoms with Crippen LogP contribution in [0.3, 0.4) is 0 Å². The largest absolute Gasteiger partial charge is 0.307 e. The van der Waals surface area contributed by atoms with Crippen LogP contribution in [0.4, 0.5) is 5.82 Å². The van der Waals surface area contributed by atoms with E-state index in [1.165, 1.54) is 11.6 Å². The summed E-state index contributed by atoms with van der Waals surface area (Å²) in [4.78, 5) is 12.6. The maximum Gasteiger partial charge on any atom is 0.249 e. The Morgan fingerprint density at radius 2 is 1.97 bits per heavy atom. The summed E-state index contributed by atoms with van der Waals surface area (Å²) >= 11 is 0. The lowest BCUT2D eigenvalue weighted by Gasteiger charge is -2.15. The van der Waals surface area contributed by atoms with Gasteiger partial charge in [0.2, 0.25) is 5.91 Å². The van der Waals surface area contributed by atoms with Gasteiger partial charge in [-0.3, -0.25) is 4.79 Å². The highest BCUT2D eigenvalue weighted by atomic mass is 32.2. The monoisotopic (exact) mass is 415 g/mol. The standard InChI is InChI=1S/C22H29N3O3S/c1-15-6-7-17(16(2)12-15)8-9-21(26)23-20-13-19(22(3,4)5)24-25(20)18-10-11-29(27,28)14-18/h6-9,12-13,18H,10-11,14H2,1-5H3,(H,23,26)/b9-8+. The highest BCUT2D eigenvalue weighted by Gasteiger charge is 2.32. The van der Waals surface area contributed by atoms with Crippen LogP contribution in [0.2, 0.25) is 0 Å². The molecule has 156 valence electrons. The van der Waals surface area contributed by atoms with E-state index in [1.807, 2.05) is 52.8 Å². The zero-order chi connectivity index (χ0) is 21.4. The number of carbonyl (C=O) groups is 1. The molecule has 0 spiro atoms. The lowest BCUT2D eigenvalue weighted by atomic mass is 9.92. The number of aryl methyl sites for hydroxylation is 2. The maximum atomic E-state index is 12.6. The van der Waals surface area contributed by atoms with Gasteiger partial charge in [-0.1, -0.05) is 44.5 Å². The van der Waals surface area contributed by atoms with Gasteiger partial charge in [0, 0.05) is 17.6 Å². The molecular formula is C22H29N3O3S. The molecule has 1 fully saturated rings. The minimum Gasteiger partial charge on any atom is -0.307 e. The first-order valence-corrected chi connectivity index (χ1v) is 11.6. The summed E-state index contributed by atoms with van der Waals surface area (Å²) in [5, 5.41) is 7.53. The average Bonchev–Trinajstić information content (AvgIpc) is 3.17. The van der Waals surface area contributed by atoms with Gasteiger partial charge in [0.1, 0.15) is 5.82 Å². The number of benzene rings is 1. The number of hydrogen-bond acceptors (Lipinski definition) is 4. The number of nitrogens with zero attached hydrogens (tertiary/aromatic N) is 2. The van der Waals surface area contributed by atoms with Crippen molar-refractivity contribution in [3.05, 3.63) is 52.7 Å². The third-order valence-electron chi connectivity index (χ3n) is 5.15. The number of amides is 1. The predicted molar refractivity (Wildman–Crippen MR) is 117 cm³/mol. The number of hydrogen-bond donors (Lipinski definition) is 1. The molecular weight excluding hydrogens is 386 g/mol. The molecule has 0 aliphatic carbocycles. The second-order valence-corrected chi connectivity index (χ2v) is 11.1. The van der Waals surface area contributed by atoms with Gasteiger partial charge in [0.05, 0.1) is 23.2 Å². The summed E-state index contributed by atoms with van der Waals surface area (Å²) in [6.07, 6.45) is 3.79. The highest BCUT2D eigenvalue weighted by Crippen LogP contribution is 2.30. The van der Waals surface area contributed by atoms with Crippen LogP contribution in [0, 0.1) is 13.8 Å². The van der Waals surface area contributed by atoms with E-state index < -0.39 is 9.84 Å². The molecule has 1 saturated heterocycles. The van der Waals surface area contributed by atoms with Crippen LogP contribution in [-0.4, -0.2) is 35.6 Å². The summed E-state index contributed by atoms with van der Waals surface area (Å²) in [6.45, 7) is 10.2. The first kappa shape index (κ1) is 21.3. The van der Waals surface area contributed by atoms with Crippen LogP contribution < -0.4 is 5.32 Å². The Balaban J connectivity index is 1.84. The third kappa shape index (κ3) is 5.15. The molecule has 1 amide bonds. The van der Waals surface area contributed by atoms with Crippen LogP contribution in [-0.2, 0) is 20.0 Å². The highest BCUT2D eigenvalue weighted by molar-refractivity contribution is 7.91. The van der Waals surface area contributed by atoms with E-state index >= 15 is 0 Å². The molecule has 1 aliphatic heterocycles. The summed E-state index contributed by atoms with van der Waals surface area (Å²) < 4.78 is 25.5. The van der Waals surface area contributed by atoms with E-state index in [4.69, 9.17) is 0 Å². The molecule has 1 unspecified atom stereocenters. The topological polar surface area (TPSA) is 81.1 Å². The second-order valence-electron chi connectivity index (χ2n) is 8.85. The molecule has 29 heavy (non-hydrogen) atoms. The van der Waals surface area contributed by atoms with Crippen molar-refractivity contribution in [2.24, 2.45) is 0 Å². The second kappa shape index (κ2) is 7.78. The van der Waals surface area contributed by atoms with Crippen molar-refractivity contribution < 1.29 is 13.2 Å². The molecule has 0 bridgehead atoms. The molecule has 0 radical (unpaired) electrons. The molecule has 1 atom stereocenters. The van der Waals surface area contributed by atoms with Gasteiger partial charge < -0.3 is 5.32 Å². The summed E-state index contributed by atoms with van der Waals surface area (Å²) in [5.41, 5.74) is 3.86. The minimum atomic E-state index is -3.06. The molecule has 6 nitrogen and oxygen atoms in total. The molecule has 7 heteroatoms. The van der Waals surface area contributed by atoms with Gasteiger partial charge in [0.15, 0.2) is 9.84 Å². The SMILES string of the molecule is Cc1ccc(/C=C/C(=O)Nc2cc(C(C)(C)C)nn2C2CCS(=O)(=O)C2)c(C)c1. The van der Waals surface area contributed by atoms with Gasteiger partial charge in [-0.2, -0.15) is 5.10 Å². The number of sulfone groups is 1. The van der Waals surface area contributed by atoms with E-state index in [1.54, 1.807) is 10.8 Å². The number of rotatable bonds is 4. The zero-order valence-electron chi connectivity index (χ0n) is 17.7. The lowest BCUT2D eigenvalue weighted by Crippen LogP contribution is -2.19. The Morgan fingerprint density at radius 3 is 2.55 bits per heavy atom. The van der Waals surface area contributed by atoms with Crippen LogP contribution in [0.5, 0.6) is 0 Å². The first-order valence-electron chi connectivity index (χ1n) is 9.81. The number of nitrogens with one attached hydrogen (secondary N) is 1. The molecule has 1 aromatic heterocycles. The van der Waals surface area contributed by atoms with Gasteiger partial charge in [-0.15, -0.1) is 0 Å². The van der Waals surface area contributed by atoms with Crippen molar-refractivity contribution in [3.8, 4) is 0 Å². The van der Waals surface area contributed by atoms with Gasteiger partial charge >= 0.3 is 0 Å². The molecule has 3 rings (SSSR count). The van der Waals surface area contributed by atoms with E-state index in [-0.39, 0.29) is 28.9 Å². The Kier molecular flexibility index (Phi) is 5.72. The van der Waals surface area contributed by atoms with Crippen LogP contribution in [0.25, 0.3) is 6.08 Å². The van der Waals surface area contributed by atoms with E-state index in [2.05, 4.69) is 16.5 Å². The fourth-order valence-corrected chi connectivity index (χ4v) is 5.14. The molecule has 2 aromatic rings. The van der Waals surface area contributed by atoms with Gasteiger partial charge in [-0.25, -0.2) is 13.1 Å². The van der Waals surface area contributed by atoms with Gasteiger partial charge in [-0.05, 0) is 37.5 Å². The smallest absolute Gasteiger partial charge is 0.249 e. The van der Waals surface area contributed by atoms with E-state index in [9.17, 15) is 13.2 Å². The Labute approximate surface area is 172 Å². The lowest BCUT2D eigenvalue weighted by molar-refractivity contribution is -0.111. The normalized spacial score (nSPS) is 19.0. The summed E-state index contributed by atoms with van der Waals surface area (Å²) in [7, 11) is -3.06. The van der Waals surface area contributed by atoms with Crippen molar-refractivity contribution in [1.82, 2.24) is 9.78 Å². The minimum absolute atomic E-state index is 0.0551.